The third-order valence-corrected chi connectivity index (χ3v) is 20.3. The van der Waals surface area contributed by atoms with E-state index in [1.54, 1.807) is 134 Å². The van der Waals surface area contributed by atoms with Gasteiger partial charge in [0.1, 0.15) is 51.3 Å². The summed E-state index contributed by atoms with van der Waals surface area (Å²) in [5.74, 6) is -7.94. The number of aryl methyl sites for hydroxylation is 3. The van der Waals surface area contributed by atoms with Gasteiger partial charge in [0.15, 0.2) is 23.1 Å². The second-order valence-electron chi connectivity index (χ2n) is 25.9. The fourth-order valence-electron chi connectivity index (χ4n) is 10.5. The lowest BCUT2D eigenvalue weighted by Crippen LogP contribution is -2.30. The molecule has 0 aliphatic carbocycles. The highest BCUT2D eigenvalue weighted by molar-refractivity contribution is 8.14. The van der Waals surface area contributed by atoms with Crippen LogP contribution < -0.4 is 51.6 Å². The second kappa shape index (κ2) is 43.6. The van der Waals surface area contributed by atoms with Crippen molar-refractivity contribution in [2.24, 2.45) is 0 Å². The number of carboxylic acid groups (broad SMARTS) is 1. The topological polar surface area (TPSA) is 512 Å². The van der Waals surface area contributed by atoms with Gasteiger partial charge in [-0.2, -0.15) is 0 Å². The first-order chi connectivity index (χ1) is 57.3. The van der Waals surface area contributed by atoms with Crippen LogP contribution in [0.4, 0.5) is 30.2 Å². The number of nitrogens with one attached hydrogen (secondary N) is 3. The maximum Gasteiger partial charge on any atom is 0.340 e. The molecule has 6 aromatic carbocycles. The fraction of sp³-hybridized carbons (Fsp3) is 0.218. The Hall–Kier alpha value is -12.5. The minimum atomic E-state index is -4.31. The highest BCUT2D eigenvalue weighted by Gasteiger charge is 2.25. The van der Waals surface area contributed by atoms with Crippen LogP contribution in [0, 0.1) is 38.2 Å². The molecule has 0 unspecified atom stereocenters. The number of anilines is 3. The fourth-order valence-corrected chi connectivity index (χ4v) is 14.3. The zero-order valence-electron chi connectivity index (χ0n) is 65.2. The number of halogens is 6. The lowest BCUT2D eigenvalue weighted by atomic mass is 9.99. The minimum absolute atomic E-state index is 0.0245. The number of aliphatic carboxylic acids is 1. The molecule has 0 saturated heterocycles. The van der Waals surface area contributed by atoms with Crippen LogP contribution in [0.5, 0.6) is 35.3 Å². The van der Waals surface area contributed by atoms with Crippen LogP contribution in [0.25, 0.3) is 32.9 Å². The molecule has 6 aromatic heterocycles. The zero-order chi connectivity index (χ0) is 90.1. The summed E-state index contributed by atoms with van der Waals surface area (Å²) >= 11 is 4.66. The van der Waals surface area contributed by atoms with Gasteiger partial charge < -0.3 is 53.5 Å². The quantitative estimate of drug-likeness (QED) is 0.0134. The number of aliphatic hydroxyl groups excluding tert-OH is 1. The number of nitrogens with zero attached hydrogens (tertiary/aromatic N) is 6. The molecule has 0 aliphatic rings. The lowest BCUT2D eigenvalue weighted by Gasteiger charge is -2.13. The molecule has 6 heterocycles. The standard InChI is InChI=1S/C24H21FN4O6S.C23H18FN3O7S.C21H16FN3O3.C5H9ClO4S.C3H8O.C2H2Cl2O3S/c1-14-17-8-7-16(34-24-27-9-4-10-28-24)12-20(17)35-23(31)18(14)11-15-5-3-6-19(22(15)25)29-36(32,33)13-21(30)26-2;1-13-16-7-6-15(33-23-25-8-3-9-26-23)11-19(16)34-22(30)17(13)10-14-4-2-5-18(21(14)24)27-35(31,32)12-20(28)29;1-12-15-7-6-14(27-21-24-8-3-9-25-21)11-18(15)28-20(26)16(12)10-13-4-2-5-17(23)19(13)22;1-4(2)10-5(7)3-11(6,8)9;1-3(2)4;3-2(5)1-8(4,6)7/h3-10,12,29H,11,13H2,1-2H3,(H,26,30);2-9,11,27H,10,12H2,1H3,(H,28,29);2-9,11H,10,23H2,1H3;4H,3H2,1-2H3;3-4H,1-2H3;1H2. The average Bonchev–Trinajstić information content (AvgIpc) is 0.787. The molecule has 0 radical (unpaired) electrons. The molecule has 44 heteroatoms. The van der Waals surface area contributed by atoms with Gasteiger partial charge in [-0.15, -0.1) is 0 Å². The summed E-state index contributed by atoms with van der Waals surface area (Å²) in [5, 5.41) is 19.9. The Morgan fingerprint density at radius 3 is 1.10 bits per heavy atom. The van der Waals surface area contributed by atoms with E-state index in [0.29, 0.717) is 55.9 Å². The van der Waals surface area contributed by atoms with Crippen molar-refractivity contribution in [3.8, 4) is 35.3 Å². The van der Waals surface area contributed by atoms with E-state index in [1.807, 2.05) is 4.72 Å². The van der Waals surface area contributed by atoms with Crippen molar-refractivity contribution in [3.05, 3.63) is 263 Å². The number of carboxylic acids is 1. The first-order valence-corrected chi connectivity index (χ1v) is 43.9. The summed E-state index contributed by atoms with van der Waals surface area (Å²) in [6.45, 7) is 11.9. The molecule has 12 aromatic rings. The molecule has 0 aliphatic heterocycles. The number of benzene rings is 6. The largest absolute Gasteiger partial charge is 0.480 e. The predicted molar refractivity (Wildman–Crippen MR) is 445 cm³/mol. The Morgan fingerprint density at radius 2 is 0.803 bits per heavy atom. The molecule has 0 atom stereocenters. The minimum Gasteiger partial charge on any atom is -0.480 e. The van der Waals surface area contributed by atoms with Gasteiger partial charge in [0.2, 0.25) is 49.3 Å². The molecule has 12 rings (SSSR count). The first-order valence-electron chi connectivity index (χ1n) is 35.2. The Labute approximate surface area is 707 Å². The van der Waals surface area contributed by atoms with Gasteiger partial charge in [-0.1, -0.05) is 36.4 Å². The third kappa shape index (κ3) is 30.3. The van der Waals surface area contributed by atoms with Crippen LogP contribution in [0.2, 0.25) is 0 Å². The highest BCUT2D eigenvalue weighted by atomic mass is 35.7. The predicted octanol–water partition coefficient (Wildman–Crippen LogP) is 11.4. The molecule has 0 bridgehead atoms. The molecular formula is C78H74Cl3F3N10O24S4. The third-order valence-electron chi connectivity index (χ3n) is 15.8. The Balaban J connectivity index is 0.000000224. The van der Waals surface area contributed by atoms with E-state index in [2.05, 4.69) is 67.0 Å². The van der Waals surface area contributed by atoms with Gasteiger partial charge in [-0.3, -0.25) is 28.6 Å². The van der Waals surface area contributed by atoms with Crippen molar-refractivity contribution in [2.45, 2.75) is 79.9 Å². The number of nitrogens with two attached hydrogens (primary N) is 1. The summed E-state index contributed by atoms with van der Waals surface area (Å²) < 4.78 is 175. The van der Waals surface area contributed by atoms with E-state index in [9.17, 15) is 71.6 Å². The number of hydrogen-bond donors (Lipinski definition) is 6. The number of sulfonamides is 2. The van der Waals surface area contributed by atoms with Gasteiger partial charge in [-0.05, 0) is 166 Å². The number of carbonyl (C=O) groups is 4. The summed E-state index contributed by atoms with van der Waals surface area (Å²) in [6.07, 6.45) is 8.51. The summed E-state index contributed by atoms with van der Waals surface area (Å²) in [5.41, 5.74) is 6.99. The number of nitrogen functional groups attached to an aromatic ring is 1. The van der Waals surface area contributed by atoms with Crippen LogP contribution in [0.1, 0.15) is 77.8 Å². The van der Waals surface area contributed by atoms with Gasteiger partial charge in [0.25, 0.3) is 0 Å². The van der Waals surface area contributed by atoms with Crippen molar-refractivity contribution in [1.29, 1.82) is 0 Å². The van der Waals surface area contributed by atoms with Gasteiger partial charge >= 0.3 is 46.8 Å². The summed E-state index contributed by atoms with van der Waals surface area (Å²) in [4.78, 5) is 104. The zero-order valence-corrected chi connectivity index (χ0v) is 70.8. The second-order valence-corrected chi connectivity index (χ2v) is 35.3. The SMILES string of the molecule is CC(C)O.CC(C)OC(=O)CS(=O)(=O)Cl.CNC(=O)CS(=O)(=O)Nc1cccc(Cc2c(C)c3ccc(Oc4ncccn4)cc3oc2=O)c1F.Cc1c(Cc2cccc(N)c2F)c(=O)oc2cc(Oc3ncccn3)ccc12.Cc1c(Cc2cccc(NS(=O)(=O)CC(=O)O)c2F)c(=O)oc2cc(Oc3ncccn3)ccc12.O=C(Cl)CS(=O)(=O)Cl. The van der Waals surface area contributed by atoms with Crippen molar-refractivity contribution >= 4 is 144 Å². The smallest absolute Gasteiger partial charge is 0.340 e. The van der Waals surface area contributed by atoms with Crippen molar-refractivity contribution in [3.63, 3.8) is 0 Å². The maximum atomic E-state index is 15.2. The number of hydrogen-bond acceptors (Lipinski definition) is 30. The Morgan fingerprint density at radius 1 is 0.484 bits per heavy atom. The van der Waals surface area contributed by atoms with Crippen LogP contribution in [-0.4, -0.2) is 139 Å². The van der Waals surface area contributed by atoms with Gasteiger partial charge in [-0.25, -0.2) is 91.1 Å². The van der Waals surface area contributed by atoms with Crippen molar-refractivity contribution in [1.82, 2.24) is 35.2 Å². The number of esters is 1. The summed E-state index contributed by atoms with van der Waals surface area (Å²) in [7, 11) is -5.27. The average molecular weight is 1830 g/mol. The van der Waals surface area contributed by atoms with E-state index < -0.39 is 124 Å². The molecule has 34 nitrogen and oxygen atoms in total. The van der Waals surface area contributed by atoms with E-state index >= 15 is 8.78 Å². The molecular weight excluding hydrogens is 1750 g/mol. The molecule has 7 N–H and O–H groups in total. The molecule has 646 valence electrons. The first kappa shape index (κ1) is 96.6. The van der Waals surface area contributed by atoms with Gasteiger partial charge in [0.05, 0.1) is 23.2 Å². The molecule has 0 saturated carbocycles. The van der Waals surface area contributed by atoms with E-state index in [-0.39, 0.29) is 94.3 Å². The van der Waals surface area contributed by atoms with Gasteiger partial charge in [0, 0.05) is 142 Å². The van der Waals surface area contributed by atoms with Crippen LogP contribution in [0.3, 0.4) is 0 Å². The lowest BCUT2D eigenvalue weighted by molar-refractivity contribution is -0.144. The molecule has 0 fully saturated rings. The number of amides is 1. The van der Waals surface area contributed by atoms with E-state index in [1.165, 1.54) is 80.4 Å². The molecule has 0 spiro atoms. The van der Waals surface area contributed by atoms with Crippen LogP contribution >= 0.6 is 33.0 Å². The number of ether oxygens (including phenoxy) is 4. The number of aliphatic hydroxyl groups is 1. The van der Waals surface area contributed by atoms with E-state index in [4.69, 9.17) is 54.1 Å². The van der Waals surface area contributed by atoms with Crippen LogP contribution in [-0.2, 0) is 81.3 Å². The number of fused-ring (bicyclic) bond motifs is 3. The highest BCUT2D eigenvalue weighted by Crippen LogP contribution is 2.33. The molecule has 1 amide bonds. The van der Waals surface area contributed by atoms with E-state index in [0.717, 1.165) is 17.0 Å². The monoisotopic (exact) mass is 1820 g/mol. The normalized spacial score (nSPS) is 11.2. The number of carbonyl (C=O) groups excluding carboxylic acids is 3. The van der Waals surface area contributed by atoms with Crippen molar-refractivity contribution < 1.29 is 108 Å². The number of rotatable bonds is 25. The molecule has 122 heavy (non-hydrogen) atoms. The van der Waals surface area contributed by atoms with Crippen LogP contribution in [0.15, 0.2) is 192 Å². The summed E-state index contributed by atoms with van der Waals surface area (Å²) in [6, 6.07) is 33.1. The Bertz CT molecular complexity index is 6490. The van der Waals surface area contributed by atoms with Crippen molar-refractivity contribution in [2.75, 3.05) is 45.2 Å². The number of aromatic nitrogens is 6. The Kier molecular flexibility index (Phi) is 34.6. The maximum absolute atomic E-state index is 15.2.